The Morgan fingerprint density at radius 3 is 2.07 bits per heavy atom. The summed E-state index contributed by atoms with van der Waals surface area (Å²) in [5.74, 6) is 1.57. The van der Waals surface area contributed by atoms with E-state index in [-0.39, 0.29) is 24.0 Å². The topological polar surface area (TPSA) is 76.7 Å². The Morgan fingerprint density at radius 2 is 1.50 bits per heavy atom. The van der Waals surface area contributed by atoms with E-state index in [1.807, 2.05) is 12.1 Å². The minimum atomic E-state index is -0.200. The minimum Gasteiger partial charge on any atom is -0.497 e. The molecule has 0 spiro atoms. The number of ketones is 1. The van der Waals surface area contributed by atoms with Gasteiger partial charge in [-0.05, 0) is 81.1 Å². The van der Waals surface area contributed by atoms with Crippen molar-refractivity contribution in [2.24, 2.45) is 0 Å². The minimum absolute atomic E-state index is 0.0473. The number of carbonyl (C=O) groups is 2. The summed E-state index contributed by atoms with van der Waals surface area (Å²) < 4.78 is 11.1. The van der Waals surface area contributed by atoms with Crippen molar-refractivity contribution in [2.45, 2.75) is 44.8 Å². The van der Waals surface area contributed by atoms with Crippen LogP contribution in [0.2, 0.25) is 0 Å². The van der Waals surface area contributed by atoms with Gasteiger partial charge in [-0.2, -0.15) is 0 Å². The van der Waals surface area contributed by atoms with Crippen LogP contribution in [-0.4, -0.2) is 31.1 Å². The zero-order valence-electron chi connectivity index (χ0n) is 16.2. The first-order valence-electron chi connectivity index (χ1n) is 9.52. The number of Topliss-reactive ketones (excluding diaryl/α,β-unsaturated/α-hetero) is 1. The molecule has 0 bridgehead atoms. The molecule has 1 saturated carbocycles. The molecule has 2 aromatic rings. The van der Waals surface area contributed by atoms with Crippen LogP contribution in [0.5, 0.6) is 11.5 Å². The summed E-state index contributed by atoms with van der Waals surface area (Å²) in [4.78, 5) is 23.5. The highest BCUT2D eigenvalue weighted by Gasteiger charge is 2.23. The normalized spacial score (nSPS) is 18.8. The second-order valence-electron chi connectivity index (χ2n) is 7.00. The molecule has 0 unspecified atom stereocenters. The highest BCUT2D eigenvalue weighted by atomic mass is 16.5. The number of hydrogen-bond donors (Lipinski definition) is 2. The zero-order valence-corrected chi connectivity index (χ0v) is 16.2. The van der Waals surface area contributed by atoms with E-state index in [9.17, 15) is 9.59 Å². The number of amides is 2. The molecule has 0 aromatic heterocycles. The number of anilines is 1. The Kier molecular flexibility index (Phi) is 6.53. The first-order chi connectivity index (χ1) is 13.5. The summed E-state index contributed by atoms with van der Waals surface area (Å²) in [6.45, 7) is 1.55. The van der Waals surface area contributed by atoms with Crippen molar-refractivity contribution in [3.8, 4) is 11.5 Å². The molecule has 0 atom stereocenters. The average Bonchev–Trinajstić information content (AvgIpc) is 2.70. The van der Waals surface area contributed by atoms with Gasteiger partial charge in [0.05, 0.1) is 13.2 Å². The number of nitrogens with one attached hydrogen (secondary N) is 2. The molecule has 0 heterocycles. The van der Waals surface area contributed by atoms with E-state index in [0.717, 1.165) is 42.9 Å². The lowest BCUT2D eigenvalue weighted by molar-refractivity contribution is 0.101. The number of hydrogen-bond acceptors (Lipinski definition) is 4. The molecule has 1 fully saturated rings. The standard InChI is InChI=1S/C22H26N2O4/c1-15(25)16-3-9-20(10-4-16)28-21-13-7-18(8-14-21)24-22(26)23-17-5-11-19(27-2)12-6-17/h3-6,9-12,18,21H,7-8,13-14H2,1-2H3,(H2,23,24,26). The van der Waals surface area contributed by atoms with Gasteiger partial charge in [-0.15, -0.1) is 0 Å². The second-order valence-corrected chi connectivity index (χ2v) is 7.00. The highest BCUT2D eigenvalue weighted by molar-refractivity contribution is 5.94. The van der Waals surface area contributed by atoms with Crippen molar-refractivity contribution >= 4 is 17.5 Å². The van der Waals surface area contributed by atoms with Crippen molar-refractivity contribution in [2.75, 3.05) is 12.4 Å². The Hall–Kier alpha value is -3.02. The van der Waals surface area contributed by atoms with Crippen molar-refractivity contribution in [3.05, 3.63) is 54.1 Å². The van der Waals surface area contributed by atoms with Gasteiger partial charge in [-0.3, -0.25) is 4.79 Å². The van der Waals surface area contributed by atoms with Crippen molar-refractivity contribution in [1.82, 2.24) is 5.32 Å². The molecule has 1 aliphatic carbocycles. The maximum atomic E-state index is 12.2. The SMILES string of the molecule is COc1ccc(NC(=O)NC2CCC(Oc3ccc(C(C)=O)cc3)CC2)cc1. The van der Waals surface area contributed by atoms with Gasteiger partial charge in [0, 0.05) is 17.3 Å². The van der Waals surface area contributed by atoms with Gasteiger partial charge >= 0.3 is 6.03 Å². The van der Waals surface area contributed by atoms with E-state index in [1.165, 1.54) is 0 Å². The zero-order chi connectivity index (χ0) is 19.9. The Balaban J connectivity index is 1.41. The van der Waals surface area contributed by atoms with Crippen LogP contribution in [0.25, 0.3) is 0 Å². The van der Waals surface area contributed by atoms with E-state index in [0.29, 0.717) is 5.56 Å². The molecule has 2 aromatic carbocycles. The molecular weight excluding hydrogens is 356 g/mol. The summed E-state index contributed by atoms with van der Waals surface area (Å²) in [6.07, 6.45) is 3.62. The summed E-state index contributed by atoms with van der Waals surface area (Å²) in [7, 11) is 1.61. The lowest BCUT2D eigenvalue weighted by atomic mass is 9.93. The third-order valence-electron chi connectivity index (χ3n) is 4.92. The number of rotatable bonds is 6. The van der Waals surface area contributed by atoms with Gasteiger partial charge in [0.1, 0.15) is 11.5 Å². The van der Waals surface area contributed by atoms with Gasteiger partial charge in [-0.25, -0.2) is 4.79 Å². The van der Waals surface area contributed by atoms with E-state index < -0.39 is 0 Å². The van der Waals surface area contributed by atoms with Gasteiger partial charge in [0.25, 0.3) is 0 Å². The number of ether oxygens (including phenoxy) is 2. The molecule has 0 aliphatic heterocycles. The van der Waals surface area contributed by atoms with Crippen LogP contribution in [0, 0.1) is 0 Å². The molecule has 6 nitrogen and oxygen atoms in total. The average molecular weight is 382 g/mol. The molecular formula is C22H26N2O4. The van der Waals surface area contributed by atoms with Crippen LogP contribution >= 0.6 is 0 Å². The van der Waals surface area contributed by atoms with Crippen molar-refractivity contribution in [3.63, 3.8) is 0 Å². The Morgan fingerprint density at radius 1 is 0.893 bits per heavy atom. The van der Waals surface area contributed by atoms with Crippen LogP contribution in [-0.2, 0) is 0 Å². The molecule has 0 saturated heterocycles. The summed E-state index contributed by atoms with van der Waals surface area (Å²) in [5, 5.41) is 5.87. The quantitative estimate of drug-likeness (QED) is 0.726. The van der Waals surface area contributed by atoms with E-state index in [4.69, 9.17) is 9.47 Å². The summed E-state index contributed by atoms with van der Waals surface area (Å²) >= 11 is 0. The van der Waals surface area contributed by atoms with Gasteiger partial charge in [-0.1, -0.05) is 0 Å². The third-order valence-corrected chi connectivity index (χ3v) is 4.92. The maximum absolute atomic E-state index is 12.2. The number of methoxy groups -OCH3 is 1. The molecule has 28 heavy (non-hydrogen) atoms. The molecule has 3 rings (SSSR count). The molecule has 0 radical (unpaired) electrons. The van der Waals surface area contributed by atoms with Crippen LogP contribution in [0.3, 0.4) is 0 Å². The maximum Gasteiger partial charge on any atom is 0.319 e. The van der Waals surface area contributed by atoms with Crippen LogP contribution < -0.4 is 20.1 Å². The van der Waals surface area contributed by atoms with Crippen molar-refractivity contribution < 1.29 is 19.1 Å². The van der Waals surface area contributed by atoms with Gasteiger partial charge in [0.2, 0.25) is 0 Å². The Labute approximate surface area is 165 Å². The lowest BCUT2D eigenvalue weighted by Gasteiger charge is -2.29. The molecule has 1 aliphatic rings. The lowest BCUT2D eigenvalue weighted by Crippen LogP contribution is -2.41. The van der Waals surface area contributed by atoms with Crippen LogP contribution in [0.1, 0.15) is 43.0 Å². The largest absolute Gasteiger partial charge is 0.497 e. The number of benzene rings is 2. The van der Waals surface area contributed by atoms with E-state index in [1.54, 1.807) is 50.4 Å². The highest BCUT2D eigenvalue weighted by Crippen LogP contribution is 2.24. The molecule has 148 valence electrons. The van der Waals surface area contributed by atoms with Crippen LogP contribution in [0.4, 0.5) is 10.5 Å². The first kappa shape index (κ1) is 19.7. The summed E-state index contributed by atoms with van der Waals surface area (Å²) in [5.41, 5.74) is 1.41. The van der Waals surface area contributed by atoms with Gasteiger partial charge < -0.3 is 20.1 Å². The van der Waals surface area contributed by atoms with Gasteiger partial charge in [0.15, 0.2) is 5.78 Å². The monoisotopic (exact) mass is 382 g/mol. The molecule has 2 amide bonds. The van der Waals surface area contributed by atoms with E-state index in [2.05, 4.69) is 10.6 Å². The smallest absolute Gasteiger partial charge is 0.319 e. The fourth-order valence-electron chi connectivity index (χ4n) is 3.31. The van der Waals surface area contributed by atoms with Crippen LogP contribution in [0.15, 0.2) is 48.5 Å². The second kappa shape index (κ2) is 9.26. The predicted octanol–water partition coefficient (Wildman–Crippen LogP) is 4.41. The molecule has 2 N–H and O–H groups in total. The third kappa shape index (κ3) is 5.49. The first-order valence-corrected chi connectivity index (χ1v) is 9.52. The fourth-order valence-corrected chi connectivity index (χ4v) is 3.31. The number of carbonyl (C=O) groups excluding carboxylic acids is 2. The number of urea groups is 1. The summed E-state index contributed by atoms with van der Waals surface area (Å²) in [6, 6.07) is 14.4. The fraction of sp³-hybridized carbons (Fsp3) is 0.364. The Bertz CT molecular complexity index is 794. The van der Waals surface area contributed by atoms with E-state index >= 15 is 0 Å². The van der Waals surface area contributed by atoms with Crippen molar-refractivity contribution in [1.29, 1.82) is 0 Å². The molecule has 6 heteroatoms. The predicted molar refractivity (Wildman–Crippen MR) is 108 cm³/mol.